The zero-order chi connectivity index (χ0) is 30.2. The van der Waals surface area contributed by atoms with Gasteiger partial charge in [0.2, 0.25) is 21.8 Å². The summed E-state index contributed by atoms with van der Waals surface area (Å²) in [4.78, 5) is 29.4. The van der Waals surface area contributed by atoms with E-state index in [9.17, 15) is 18.0 Å². The number of hydrogen-bond acceptors (Lipinski definition) is 4. The Labute approximate surface area is 253 Å². The third-order valence-corrected chi connectivity index (χ3v) is 8.79. The first-order valence-corrected chi connectivity index (χ1v) is 16.2. The molecule has 0 saturated heterocycles. The molecular weight excluding hydrogens is 581 g/mol. The molecule has 3 rings (SSSR count). The SMILES string of the molecule is CCc1ccccc1N(CC(=O)N(Cc1ccc(Cl)c(Cl)c1)C(Cc1ccccc1)C(=O)NC(C)CC)S(C)(=O)=O. The molecule has 0 fully saturated rings. The first kappa shape index (κ1) is 32.4. The molecule has 0 aliphatic heterocycles. The maximum Gasteiger partial charge on any atom is 0.244 e. The zero-order valence-corrected chi connectivity index (χ0v) is 26.1. The van der Waals surface area contributed by atoms with Crippen LogP contribution in [0.3, 0.4) is 0 Å². The number of halogens is 2. The van der Waals surface area contributed by atoms with Crippen molar-refractivity contribution in [1.82, 2.24) is 10.2 Å². The Bertz CT molecular complexity index is 1450. The van der Waals surface area contributed by atoms with Crippen molar-refractivity contribution in [3.63, 3.8) is 0 Å². The second kappa shape index (κ2) is 14.7. The molecule has 7 nitrogen and oxygen atoms in total. The van der Waals surface area contributed by atoms with E-state index in [1.807, 2.05) is 63.2 Å². The summed E-state index contributed by atoms with van der Waals surface area (Å²) in [6, 6.07) is 20.5. The van der Waals surface area contributed by atoms with Crippen LogP contribution in [0.5, 0.6) is 0 Å². The van der Waals surface area contributed by atoms with E-state index < -0.39 is 28.5 Å². The van der Waals surface area contributed by atoms with E-state index in [1.165, 1.54) is 4.90 Å². The van der Waals surface area contributed by atoms with Gasteiger partial charge in [-0.05, 0) is 54.7 Å². The van der Waals surface area contributed by atoms with Crippen LogP contribution in [-0.2, 0) is 39.0 Å². The normalized spacial score (nSPS) is 12.8. The van der Waals surface area contributed by atoms with Crippen LogP contribution in [0.1, 0.15) is 43.9 Å². The first-order valence-electron chi connectivity index (χ1n) is 13.6. The number of amides is 2. The second-order valence-electron chi connectivity index (χ2n) is 10.0. The third kappa shape index (κ3) is 8.96. The largest absolute Gasteiger partial charge is 0.352 e. The number of rotatable bonds is 13. The molecule has 0 aliphatic rings. The van der Waals surface area contributed by atoms with Crippen LogP contribution in [0.2, 0.25) is 10.0 Å². The second-order valence-corrected chi connectivity index (χ2v) is 12.8. The summed E-state index contributed by atoms with van der Waals surface area (Å²) in [6.45, 7) is 5.33. The van der Waals surface area contributed by atoms with Crippen LogP contribution >= 0.6 is 23.2 Å². The van der Waals surface area contributed by atoms with Gasteiger partial charge in [-0.2, -0.15) is 0 Å². The van der Waals surface area contributed by atoms with E-state index in [1.54, 1.807) is 30.3 Å². The van der Waals surface area contributed by atoms with Crippen molar-refractivity contribution in [3.8, 4) is 0 Å². The van der Waals surface area contributed by atoms with Gasteiger partial charge in [0.15, 0.2) is 0 Å². The molecule has 0 spiro atoms. The number of sulfonamides is 1. The first-order chi connectivity index (χ1) is 19.4. The third-order valence-electron chi connectivity index (χ3n) is 6.93. The smallest absolute Gasteiger partial charge is 0.244 e. The van der Waals surface area contributed by atoms with E-state index in [0.717, 1.165) is 21.7 Å². The minimum atomic E-state index is -3.85. The molecule has 0 aliphatic carbocycles. The Morgan fingerprint density at radius 3 is 2.17 bits per heavy atom. The van der Waals surface area contributed by atoms with Crippen molar-refractivity contribution < 1.29 is 18.0 Å². The number of nitrogens with zero attached hydrogens (tertiary/aromatic N) is 2. The Balaban J connectivity index is 2.10. The fourth-order valence-corrected chi connectivity index (χ4v) is 5.68. The van der Waals surface area contributed by atoms with E-state index in [2.05, 4.69) is 5.32 Å². The molecule has 220 valence electrons. The van der Waals surface area contributed by atoms with Gasteiger partial charge in [-0.1, -0.05) is 91.6 Å². The van der Waals surface area contributed by atoms with Crippen LogP contribution in [-0.4, -0.2) is 50.0 Å². The van der Waals surface area contributed by atoms with Gasteiger partial charge in [0, 0.05) is 19.0 Å². The van der Waals surface area contributed by atoms with E-state index in [4.69, 9.17) is 23.2 Å². The molecule has 2 unspecified atom stereocenters. The van der Waals surface area contributed by atoms with E-state index in [-0.39, 0.29) is 24.9 Å². The lowest BCUT2D eigenvalue weighted by Gasteiger charge is -2.34. The average Bonchev–Trinajstić information content (AvgIpc) is 2.95. The lowest BCUT2D eigenvalue weighted by atomic mass is 10.0. The Kier molecular flexibility index (Phi) is 11.6. The highest BCUT2D eigenvalue weighted by atomic mass is 35.5. The average molecular weight is 619 g/mol. The monoisotopic (exact) mass is 617 g/mol. The van der Waals surface area contributed by atoms with Crippen molar-refractivity contribution in [3.05, 3.63) is 99.5 Å². The van der Waals surface area contributed by atoms with Crippen molar-refractivity contribution >= 4 is 50.7 Å². The van der Waals surface area contributed by atoms with Gasteiger partial charge < -0.3 is 10.2 Å². The number of anilines is 1. The minimum Gasteiger partial charge on any atom is -0.352 e. The molecule has 0 heterocycles. The number of aryl methyl sites for hydroxylation is 1. The maximum absolute atomic E-state index is 14.2. The van der Waals surface area contributed by atoms with Crippen LogP contribution in [0, 0.1) is 0 Å². The lowest BCUT2D eigenvalue weighted by molar-refractivity contribution is -0.140. The number of nitrogens with one attached hydrogen (secondary N) is 1. The van der Waals surface area contributed by atoms with Gasteiger partial charge in [-0.25, -0.2) is 8.42 Å². The molecule has 3 aromatic carbocycles. The summed E-state index contributed by atoms with van der Waals surface area (Å²) < 4.78 is 27.2. The summed E-state index contributed by atoms with van der Waals surface area (Å²) in [5.41, 5.74) is 2.74. The summed E-state index contributed by atoms with van der Waals surface area (Å²) in [5.74, 6) is -0.843. The van der Waals surface area contributed by atoms with Gasteiger partial charge in [-0.3, -0.25) is 13.9 Å². The zero-order valence-electron chi connectivity index (χ0n) is 23.8. The van der Waals surface area contributed by atoms with Crippen LogP contribution < -0.4 is 9.62 Å². The maximum atomic E-state index is 14.2. The molecule has 0 aromatic heterocycles. The summed E-state index contributed by atoms with van der Waals surface area (Å²) in [7, 11) is -3.85. The fraction of sp³-hybridized carbons (Fsp3) is 0.355. The Hall–Kier alpha value is -3.07. The number of hydrogen-bond donors (Lipinski definition) is 1. The number of para-hydroxylation sites is 1. The number of benzene rings is 3. The molecule has 2 amide bonds. The Morgan fingerprint density at radius 2 is 1.56 bits per heavy atom. The molecule has 41 heavy (non-hydrogen) atoms. The molecule has 3 aromatic rings. The fourth-order valence-electron chi connectivity index (χ4n) is 4.48. The molecule has 0 bridgehead atoms. The predicted molar refractivity (Wildman–Crippen MR) is 167 cm³/mol. The molecule has 0 saturated carbocycles. The van der Waals surface area contributed by atoms with Gasteiger partial charge in [0.05, 0.1) is 22.0 Å². The van der Waals surface area contributed by atoms with Crippen LogP contribution in [0.15, 0.2) is 72.8 Å². The number of carbonyl (C=O) groups is 2. The van der Waals surface area contributed by atoms with Crippen LogP contribution in [0.25, 0.3) is 0 Å². The molecular formula is C31H37Cl2N3O4S. The van der Waals surface area contributed by atoms with Crippen molar-refractivity contribution in [2.75, 3.05) is 17.1 Å². The predicted octanol–water partition coefficient (Wildman–Crippen LogP) is 5.88. The molecule has 0 radical (unpaired) electrons. The topological polar surface area (TPSA) is 86.8 Å². The lowest BCUT2D eigenvalue weighted by Crippen LogP contribution is -2.54. The van der Waals surface area contributed by atoms with Gasteiger partial charge in [0.1, 0.15) is 12.6 Å². The highest BCUT2D eigenvalue weighted by molar-refractivity contribution is 7.92. The summed E-state index contributed by atoms with van der Waals surface area (Å²) >= 11 is 12.4. The van der Waals surface area contributed by atoms with E-state index in [0.29, 0.717) is 34.1 Å². The van der Waals surface area contributed by atoms with Crippen LogP contribution in [0.4, 0.5) is 5.69 Å². The van der Waals surface area contributed by atoms with Gasteiger partial charge >= 0.3 is 0 Å². The van der Waals surface area contributed by atoms with E-state index >= 15 is 0 Å². The van der Waals surface area contributed by atoms with Crippen molar-refractivity contribution in [2.45, 2.75) is 58.7 Å². The highest BCUT2D eigenvalue weighted by Gasteiger charge is 2.33. The summed E-state index contributed by atoms with van der Waals surface area (Å²) in [5, 5.41) is 3.69. The molecule has 10 heteroatoms. The molecule has 1 N–H and O–H groups in total. The van der Waals surface area contributed by atoms with Gasteiger partial charge in [0.25, 0.3) is 0 Å². The van der Waals surface area contributed by atoms with Crippen molar-refractivity contribution in [1.29, 1.82) is 0 Å². The van der Waals surface area contributed by atoms with Gasteiger partial charge in [-0.15, -0.1) is 0 Å². The quantitative estimate of drug-likeness (QED) is 0.260. The number of carbonyl (C=O) groups excluding carboxylic acids is 2. The standard InChI is InChI=1S/C31H37Cl2N3O4S/c1-5-22(3)34-31(38)29(19-23-12-8-7-9-13-23)35(20-24-16-17-26(32)27(33)18-24)30(37)21-36(41(4,39)40)28-15-11-10-14-25(28)6-2/h7-18,22,29H,5-6,19-21H2,1-4H3,(H,34,38). The Morgan fingerprint density at radius 1 is 0.902 bits per heavy atom. The molecule has 2 atom stereocenters. The van der Waals surface area contributed by atoms with Crippen molar-refractivity contribution in [2.24, 2.45) is 0 Å². The summed E-state index contributed by atoms with van der Waals surface area (Å²) in [6.07, 6.45) is 2.60. The minimum absolute atomic E-state index is 0.0220. The highest BCUT2D eigenvalue weighted by Crippen LogP contribution is 2.26.